The van der Waals surface area contributed by atoms with E-state index >= 15 is 0 Å². The fraction of sp³-hybridized carbons (Fsp3) is 0.800. The molecule has 0 radical (unpaired) electrons. The molecule has 10 unspecified atom stereocenters. The van der Waals surface area contributed by atoms with Crippen molar-refractivity contribution in [3.8, 4) is 0 Å². The molecule has 5 heteroatoms. The summed E-state index contributed by atoms with van der Waals surface area (Å²) in [6.07, 6.45) is 9.85. The van der Waals surface area contributed by atoms with E-state index in [1.165, 1.54) is 0 Å². The van der Waals surface area contributed by atoms with Crippen LogP contribution in [-0.2, 0) is 19.1 Å². The highest BCUT2D eigenvalue weighted by Gasteiger charge is 2.64. The number of hydrogen-bond acceptors (Lipinski definition) is 5. The number of ether oxygens (including phenoxy) is 2. The molecule has 0 spiro atoms. The maximum absolute atomic E-state index is 12.6. The third kappa shape index (κ3) is 3.70. The molecule has 1 aliphatic heterocycles. The molecule has 4 aliphatic carbocycles. The molecule has 0 aromatic heterocycles. The van der Waals surface area contributed by atoms with E-state index in [-0.39, 0.29) is 46.6 Å². The van der Waals surface area contributed by atoms with Crippen LogP contribution in [0.3, 0.4) is 0 Å². The first kappa shape index (κ1) is 25.2. The summed E-state index contributed by atoms with van der Waals surface area (Å²) in [5, 5.41) is 11.7. The molecule has 10 atom stereocenters. The number of rotatable bonds is 4. The van der Waals surface area contributed by atoms with E-state index in [9.17, 15) is 14.7 Å². The zero-order valence-electron chi connectivity index (χ0n) is 22.1. The Kier molecular flexibility index (Phi) is 5.96. The van der Waals surface area contributed by atoms with Gasteiger partial charge in [0, 0.05) is 29.2 Å². The van der Waals surface area contributed by atoms with Gasteiger partial charge in [-0.15, -0.1) is 0 Å². The molecule has 4 saturated carbocycles. The fourth-order valence-corrected chi connectivity index (χ4v) is 9.76. The monoisotopic (exact) mass is 484 g/mol. The first-order valence-corrected chi connectivity index (χ1v) is 13.8. The highest BCUT2D eigenvalue weighted by Crippen LogP contribution is 2.63. The van der Waals surface area contributed by atoms with Crippen LogP contribution in [0.15, 0.2) is 24.3 Å². The molecule has 1 N–H and O–H groups in total. The van der Waals surface area contributed by atoms with Gasteiger partial charge in [0.1, 0.15) is 12.4 Å². The van der Waals surface area contributed by atoms with E-state index in [4.69, 9.17) is 9.47 Å². The minimum absolute atomic E-state index is 0.0381. The van der Waals surface area contributed by atoms with Crippen molar-refractivity contribution in [2.45, 2.75) is 115 Å². The molecule has 194 valence electrons. The summed E-state index contributed by atoms with van der Waals surface area (Å²) in [5.41, 5.74) is 0.127. The zero-order valence-corrected chi connectivity index (χ0v) is 22.1. The average molecular weight is 485 g/mol. The number of esters is 1. The van der Waals surface area contributed by atoms with Gasteiger partial charge in [0.25, 0.3) is 0 Å². The standard InChI is InChI=1S/C30H44O5/c1-18(17-31)20-9-15-27(3)11-7-13-29(5,24(27)22(20)32)35-30(6)14-8-12-28(4)16-10-21-19(2)26(33)34-23(21)25(28)30/h17,20-25,32H,1-2,7-16H2,3-6H3. The van der Waals surface area contributed by atoms with Crippen LogP contribution in [0.4, 0.5) is 0 Å². The van der Waals surface area contributed by atoms with Crippen molar-refractivity contribution in [1.82, 2.24) is 0 Å². The smallest absolute Gasteiger partial charge is 0.334 e. The quantitative estimate of drug-likeness (QED) is 0.322. The Bertz CT molecular complexity index is 941. The van der Waals surface area contributed by atoms with Crippen LogP contribution in [0, 0.1) is 34.5 Å². The third-order valence-corrected chi connectivity index (χ3v) is 11.2. The predicted molar refractivity (Wildman–Crippen MR) is 134 cm³/mol. The first-order valence-electron chi connectivity index (χ1n) is 13.8. The maximum atomic E-state index is 12.6. The van der Waals surface area contributed by atoms with Crippen LogP contribution >= 0.6 is 0 Å². The van der Waals surface area contributed by atoms with Crippen LogP contribution in [0.25, 0.3) is 0 Å². The number of hydrogen-bond donors (Lipinski definition) is 1. The molecule has 0 amide bonds. The Morgan fingerprint density at radius 3 is 2.17 bits per heavy atom. The molecule has 35 heavy (non-hydrogen) atoms. The van der Waals surface area contributed by atoms with Gasteiger partial charge < -0.3 is 14.6 Å². The summed E-state index contributed by atoms with van der Waals surface area (Å²) in [4.78, 5) is 24.1. The lowest BCUT2D eigenvalue weighted by molar-refractivity contribution is -0.285. The van der Waals surface area contributed by atoms with E-state index in [2.05, 4.69) is 40.9 Å². The minimum Gasteiger partial charge on any atom is -0.458 e. The molecule has 5 rings (SSSR count). The van der Waals surface area contributed by atoms with Gasteiger partial charge >= 0.3 is 5.97 Å². The number of aldehydes is 1. The van der Waals surface area contributed by atoms with E-state index in [1.807, 2.05) is 0 Å². The molecular weight excluding hydrogens is 440 g/mol. The van der Waals surface area contributed by atoms with E-state index in [1.54, 1.807) is 0 Å². The normalized spacial score (nSPS) is 51.6. The van der Waals surface area contributed by atoms with Gasteiger partial charge in [-0.3, -0.25) is 4.79 Å². The Morgan fingerprint density at radius 1 is 0.971 bits per heavy atom. The van der Waals surface area contributed by atoms with Gasteiger partial charge in [0.2, 0.25) is 0 Å². The molecule has 0 bridgehead atoms. The topological polar surface area (TPSA) is 72.8 Å². The van der Waals surface area contributed by atoms with Crippen LogP contribution in [0.5, 0.6) is 0 Å². The van der Waals surface area contributed by atoms with Gasteiger partial charge in [-0.25, -0.2) is 4.79 Å². The van der Waals surface area contributed by atoms with Crippen molar-refractivity contribution < 1.29 is 24.2 Å². The SMILES string of the molecule is C=C(C=O)C1CCC2(C)CCCC(C)(OC3(C)CCCC4(C)CCC5C(=C)C(=O)OC5C43)C2C1O. The molecule has 5 aliphatic rings. The highest BCUT2D eigenvalue weighted by molar-refractivity contribution is 5.91. The number of aliphatic hydroxyl groups is 1. The molecule has 1 saturated heterocycles. The summed E-state index contributed by atoms with van der Waals surface area (Å²) in [6.45, 7) is 17.1. The predicted octanol–water partition coefficient (Wildman–Crippen LogP) is 5.55. The molecule has 1 heterocycles. The summed E-state index contributed by atoms with van der Waals surface area (Å²) in [7, 11) is 0. The fourth-order valence-electron chi connectivity index (χ4n) is 9.76. The molecule has 5 nitrogen and oxygen atoms in total. The first-order chi connectivity index (χ1) is 16.4. The van der Waals surface area contributed by atoms with E-state index in [0.717, 1.165) is 70.5 Å². The minimum atomic E-state index is -0.654. The van der Waals surface area contributed by atoms with Gasteiger partial charge in [-0.1, -0.05) is 39.8 Å². The number of carbonyl (C=O) groups excluding carboxylic acids is 2. The van der Waals surface area contributed by atoms with Crippen LogP contribution in [-0.4, -0.2) is 40.8 Å². The lowest BCUT2D eigenvalue weighted by atomic mass is 9.50. The number of fused-ring (bicyclic) bond motifs is 4. The average Bonchev–Trinajstić information content (AvgIpc) is 3.05. The van der Waals surface area contributed by atoms with Crippen molar-refractivity contribution in [2.24, 2.45) is 34.5 Å². The lowest BCUT2D eigenvalue weighted by Crippen LogP contribution is -2.65. The molecule has 0 aromatic rings. The maximum Gasteiger partial charge on any atom is 0.334 e. The van der Waals surface area contributed by atoms with Crippen molar-refractivity contribution in [3.63, 3.8) is 0 Å². The van der Waals surface area contributed by atoms with Crippen LogP contribution < -0.4 is 0 Å². The highest BCUT2D eigenvalue weighted by atomic mass is 16.6. The van der Waals surface area contributed by atoms with E-state index in [0.29, 0.717) is 11.1 Å². The second kappa shape index (κ2) is 8.28. The third-order valence-electron chi connectivity index (χ3n) is 11.2. The van der Waals surface area contributed by atoms with Crippen molar-refractivity contribution >= 4 is 12.3 Å². The Labute approximate surface area is 210 Å². The van der Waals surface area contributed by atoms with Crippen molar-refractivity contribution in [3.05, 3.63) is 24.3 Å². The van der Waals surface area contributed by atoms with Gasteiger partial charge in [-0.2, -0.15) is 0 Å². The Morgan fingerprint density at radius 2 is 1.54 bits per heavy atom. The Balaban J connectivity index is 1.51. The van der Waals surface area contributed by atoms with Gasteiger partial charge in [-0.05, 0) is 81.6 Å². The second-order valence-electron chi connectivity index (χ2n) is 13.6. The summed E-state index contributed by atoms with van der Waals surface area (Å²) in [5.74, 6) is -0.366. The molecular formula is C30H44O5. The van der Waals surface area contributed by atoms with Crippen LogP contribution in [0.1, 0.15) is 91.9 Å². The summed E-state index contributed by atoms with van der Waals surface area (Å²) < 4.78 is 13.4. The summed E-state index contributed by atoms with van der Waals surface area (Å²) in [6, 6.07) is 0. The van der Waals surface area contributed by atoms with Crippen molar-refractivity contribution in [2.75, 3.05) is 0 Å². The number of carbonyl (C=O) groups is 2. The molecule has 0 aromatic carbocycles. The van der Waals surface area contributed by atoms with Gasteiger partial charge in [0.05, 0.1) is 17.3 Å². The van der Waals surface area contributed by atoms with Gasteiger partial charge in [0.15, 0.2) is 0 Å². The molecule has 5 fully saturated rings. The zero-order chi connectivity index (χ0) is 25.4. The van der Waals surface area contributed by atoms with Crippen LogP contribution in [0.2, 0.25) is 0 Å². The van der Waals surface area contributed by atoms with E-state index < -0.39 is 17.3 Å². The summed E-state index contributed by atoms with van der Waals surface area (Å²) >= 11 is 0. The largest absolute Gasteiger partial charge is 0.458 e. The second-order valence-corrected chi connectivity index (χ2v) is 13.6. The van der Waals surface area contributed by atoms with Crippen molar-refractivity contribution in [1.29, 1.82) is 0 Å². The Hall–Kier alpha value is -1.46. The lowest BCUT2D eigenvalue weighted by Gasteiger charge is -2.63. The number of aliphatic hydroxyl groups excluding tert-OH is 1.